The van der Waals surface area contributed by atoms with E-state index in [2.05, 4.69) is 9.72 Å². The number of aliphatic hydroxyl groups is 2. The maximum atomic E-state index is 11.0. The molecule has 0 fully saturated rings. The molecule has 2 unspecified atom stereocenters. The van der Waals surface area contributed by atoms with Crippen molar-refractivity contribution >= 4 is 23.3 Å². The predicted octanol–water partition coefficient (Wildman–Crippen LogP) is -0.116. The van der Waals surface area contributed by atoms with E-state index in [-0.39, 0.29) is 16.4 Å². The summed E-state index contributed by atoms with van der Waals surface area (Å²) in [6, 6.07) is 1.31. The molecular weight excluding hydrogens is 236 g/mol. The molecule has 0 saturated carbocycles. The molecule has 1 rings (SSSR count). The van der Waals surface area contributed by atoms with Gasteiger partial charge >= 0.3 is 5.97 Å². The number of ether oxygens (including phenoxy) is 1. The first-order chi connectivity index (χ1) is 7.47. The van der Waals surface area contributed by atoms with Crippen molar-refractivity contribution < 1.29 is 19.7 Å². The van der Waals surface area contributed by atoms with Crippen LogP contribution in [0.3, 0.4) is 0 Å². The quantitative estimate of drug-likeness (QED) is 0.507. The van der Waals surface area contributed by atoms with Gasteiger partial charge in [-0.3, -0.25) is 0 Å². The zero-order valence-electron chi connectivity index (χ0n) is 8.42. The van der Waals surface area contributed by atoms with E-state index in [1.54, 1.807) is 0 Å². The first-order valence-corrected chi connectivity index (χ1v) is 4.70. The zero-order valence-corrected chi connectivity index (χ0v) is 9.18. The van der Waals surface area contributed by atoms with E-state index in [0.717, 1.165) is 7.11 Å². The molecular formula is C9H11ClN2O4. The molecule has 0 saturated heterocycles. The number of carbonyl (C=O) groups excluding carboxylic acids is 1. The van der Waals surface area contributed by atoms with Gasteiger partial charge in [0.1, 0.15) is 11.3 Å². The van der Waals surface area contributed by atoms with Crippen LogP contribution in [0.5, 0.6) is 0 Å². The Morgan fingerprint density at radius 2 is 2.25 bits per heavy atom. The van der Waals surface area contributed by atoms with Crippen molar-refractivity contribution in [2.45, 2.75) is 12.2 Å². The summed E-state index contributed by atoms with van der Waals surface area (Å²) < 4.78 is 4.28. The second-order valence-corrected chi connectivity index (χ2v) is 3.44. The van der Waals surface area contributed by atoms with Crippen molar-refractivity contribution in [3.8, 4) is 0 Å². The van der Waals surface area contributed by atoms with E-state index >= 15 is 0 Å². The Hall–Kier alpha value is -1.37. The second kappa shape index (κ2) is 5.11. The van der Waals surface area contributed by atoms with Crippen LogP contribution in [-0.2, 0) is 9.53 Å². The molecule has 0 aromatic carbocycles. The van der Waals surface area contributed by atoms with Gasteiger partial charge in [0.25, 0.3) is 0 Å². The molecule has 6 nitrogen and oxygen atoms in total. The maximum absolute atomic E-state index is 11.0. The van der Waals surface area contributed by atoms with E-state index in [0.29, 0.717) is 0 Å². The van der Waals surface area contributed by atoms with E-state index in [4.69, 9.17) is 17.3 Å². The van der Waals surface area contributed by atoms with Crippen LogP contribution in [0.4, 0.5) is 5.69 Å². The van der Waals surface area contributed by atoms with Crippen LogP contribution in [0.25, 0.3) is 0 Å². The van der Waals surface area contributed by atoms with Crippen LogP contribution in [0.2, 0.25) is 5.15 Å². The zero-order chi connectivity index (χ0) is 12.3. The summed E-state index contributed by atoms with van der Waals surface area (Å²) in [6.45, 7) is 0. The van der Waals surface area contributed by atoms with Crippen LogP contribution in [0.15, 0.2) is 12.3 Å². The topological polar surface area (TPSA) is 106 Å². The molecule has 1 aromatic heterocycles. The largest absolute Gasteiger partial charge is 0.467 e. The number of carbonyl (C=O) groups is 1. The average molecular weight is 247 g/mol. The second-order valence-electron chi connectivity index (χ2n) is 3.05. The number of hydrogen-bond acceptors (Lipinski definition) is 6. The molecule has 0 amide bonds. The van der Waals surface area contributed by atoms with E-state index in [9.17, 15) is 15.0 Å². The van der Waals surface area contributed by atoms with Gasteiger partial charge in [0.15, 0.2) is 6.10 Å². The van der Waals surface area contributed by atoms with Crippen molar-refractivity contribution in [2.75, 3.05) is 12.8 Å². The van der Waals surface area contributed by atoms with Crippen molar-refractivity contribution in [3.63, 3.8) is 0 Å². The van der Waals surface area contributed by atoms with Crippen LogP contribution < -0.4 is 5.73 Å². The predicted molar refractivity (Wildman–Crippen MR) is 56.6 cm³/mol. The molecule has 4 N–H and O–H groups in total. The van der Waals surface area contributed by atoms with Gasteiger partial charge in [-0.05, 0) is 6.07 Å². The number of anilines is 1. The van der Waals surface area contributed by atoms with Gasteiger partial charge in [-0.1, -0.05) is 11.6 Å². The highest BCUT2D eigenvalue weighted by Gasteiger charge is 2.28. The first kappa shape index (κ1) is 12.7. The molecule has 0 aliphatic carbocycles. The average Bonchev–Trinajstić information content (AvgIpc) is 2.26. The number of rotatable bonds is 3. The Morgan fingerprint density at radius 3 is 2.75 bits per heavy atom. The van der Waals surface area contributed by atoms with Gasteiger partial charge in [-0.15, -0.1) is 0 Å². The molecule has 16 heavy (non-hydrogen) atoms. The highest BCUT2D eigenvalue weighted by Crippen LogP contribution is 2.24. The molecule has 1 aromatic rings. The Labute approximate surface area is 96.6 Å². The number of esters is 1. The summed E-state index contributed by atoms with van der Waals surface area (Å²) in [5.74, 6) is -0.957. The minimum Gasteiger partial charge on any atom is -0.467 e. The number of aliphatic hydroxyl groups excluding tert-OH is 2. The smallest absolute Gasteiger partial charge is 0.337 e. The Bertz CT molecular complexity index is 399. The minimum atomic E-state index is -1.71. The third kappa shape index (κ3) is 2.60. The lowest BCUT2D eigenvalue weighted by molar-refractivity contribution is -0.156. The fourth-order valence-corrected chi connectivity index (χ4v) is 1.29. The number of nitrogens with two attached hydrogens (primary N) is 1. The number of methoxy groups -OCH3 is 1. The van der Waals surface area contributed by atoms with Crippen molar-refractivity contribution in [1.82, 2.24) is 4.98 Å². The summed E-state index contributed by atoms with van der Waals surface area (Å²) in [4.78, 5) is 14.7. The number of halogens is 1. The standard InChI is InChI=1S/C9H11ClN2O4/c1-16-9(15)8(14)7(13)4-3-12-6(10)2-5(4)11/h2-3,7-8,13-14H,1H3,(H2,11,12). The van der Waals surface area contributed by atoms with Crippen molar-refractivity contribution in [3.05, 3.63) is 23.0 Å². The van der Waals surface area contributed by atoms with Gasteiger partial charge in [-0.2, -0.15) is 0 Å². The normalized spacial score (nSPS) is 14.2. The lowest BCUT2D eigenvalue weighted by Crippen LogP contribution is -2.29. The summed E-state index contributed by atoms with van der Waals surface area (Å²) in [7, 11) is 1.10. The highest BCUT2D eigenvalue weighted by atomic mass is 35.5. The number of nitrogens with zero attached hydrogens (tertiary/aromatic N) is 1. The molecule has 0 aliphatic rings. The minimum absolute atomic E-state index is 0.113. The van der Waals surface area contributed by atoms with Crippen LogP contribution in [-0.4, -0.2) is 34.4 Å². The van der Waals surface area contributed by atoms with Gasteiger partial charge in [-0.25, -0.2) is 9.78 Å². The third-order valence-electron chi connectivity index (χ3n) is 2.00. The summed E-state index contributed by atoms with van der Waals surface area (Å²) in [5.41, 5.74) is 5.80. The third-order valence-corrected chi connectivity index (χ3v) is 2.20. The van der Waals surface area contributed by atoms with Crippen molar-refractivity contribution in [2.24, 2.45) is 0 Å². The van der Waals surface area contributed by atoms with Crippen LogP contribution in [0.1, 0.15) is 11.7 Å². The number of pyridine rings is 1. The van der Waals surface area contributed by atoms with E-state index in [1.165, 1.54) is 12.3 Å². The monoisotopic (exact) mass is 246 g/mol. The molecule has 0 radical (unpaired) electrons. The van der Waals surface area contributed by atoms with E-state index in [1.807, 2.05) is 0 Å². The fourth-order valence-electron chi connectivity index (χ4n) is 1.12. The summed E-state index contributed by atoms with van der Waals surface area (Å²) in [6.07, 6.45) is -2.03. The van der Waals surface area contributed by atoms with Gasteiger partial charge in [0.05, 0.1) is 7.11 Å². The fraction of sp³-hybridized carbons (Fsp3) is 0.333. The number of hydrogen-bond donors (Lipinski definition) is 3. The lowest BCUT2D eigenvalue weighted by atomic mass is 10.1. The number of aromatic nitrogens is 1. The Balaban J connectivity index is 2.96. The van der Waals surface area contributed by atoms with Crippen molar-refractivity contribution in [1.29, 1.82) is 0 Å². The van der Waals surface area contributed by atoms with Crippen LogP contribution in [0, 0.1) is 0 Å². The number of nitrogen functional groups attached to an aromatic ring is 1. The van der Waals surface area contributed by atoms with Crippen LogP contribution >= 0.6 is 11.6 Å². The molecule has 1 heterocycles. The SMILES string of the molecule is COC(=O)C(O)C(O)c1cnc(Cl)cc1N. The molecule has 0 spiro atoms. The Kier molecular flexibility index (Phi) is 4.05. The van der Waals surface area contributed by atoms with Gasteiger partial charge < -0.3 is 20.7 Å². The molecule has 88 valence electrons. The molecule has 2 atom stereocenters. The molecule has 0 aliphatic heterocycles. The van der Waals surface area contributed by atoms with Gasteiger partial charge in [0, 0.05) is 17.4 Å². The summed E-state index contributed by atoms with van der Waals surface area (Å²) >= 11 is 5.56. The summed E-state index contributed by atoms with van der Waals surface area (Å²) in [5, 5.41) is 19.2. The maximum Gasteiger partial charge on any atom is 0.337 e. The van der Waals surface area contributed by atoms with E-state index < -0.39 is 18.2 Å². The Morgan fingerprint density at radius 1 is 1.62 bits per heavy atom. The lowest BCUT2D eigenvalue weighted by Gasteiger charge is -2.17. The highest BCUT2D eigenvalue weighted by molar-refractivity contribution is 6.29. The molecule has 7 heteroatoms. The van der Waals surface area contributed by atoms with Gasteiger partial charge in [0.2, 0.25) is 0 Å². The first-order valence-electron chi connectivity index (χ1n) is 4.32. The molecule has 0 bridgehead atoms.